The minimum atomic E-state index is 0.339. The van der Waals surface area contributed by atoms with Crippen LogP contribution in [-0.4, -0.2) is 38.9 Å². The van der Waals surface area contributed by atoms with E-state index in [9.17, 15) is 0 Å². The van der Waals surface area contributed by atoms with E-state index in [1.165, 1.54) is 30.5 Å². The maximum Gasteiger partial charge on any atom is 0.137 e. The monoisotopic (exact) mass is 298 g/mol. The molecule has 5 nitrogen and oxygen atoms in total. The van der Waals surface area contributed by atoms with Crippen molar-refractivity contribution < 1.29 is 4.74 Å². The Kier molecular flexibility index (Phi) is 3.58. The Labute approximate surface area is 130 Å². The highest BCUT2D eigenvalue weighted by Gasteiger charge is 2.34. The number of pyridine rings is 1. The molecule has 0 radical (unpaired) electrons. The van der Waals surface area contributed by atoms with Gasteiger partial charge in [-0.05, 0) is 25.0 Å². The number of ether oxygens (including phenoxy) is 1. The predicted octanol–water partition coefficient (Wildman–Crippen LogP) is 2.35. The first kappa shape index (κ1) is 13.8. The SMILES string of the molecule is Cn1cc2c(n1)C(COc1cccnc1)CN(C1CCC1)C2. The molecule has 5 heteroatoms. The number of fused-ring (bicyclic) bond motifs is 1. The van der Waals surface area contributed by atoms with Crippen molar-refractivity contribution in [3.05, 3.63) is 42.0 Å². The van der Waals surface area contributed by atoms with E-state index in [-0.39, 0.29) is 0 Å². The number of hydrogen-bond acceptors (Lipinski definition) is 4. The highest BCUT2D eigenvalue weighted by Crippen LogP contribution is 2.34. The van der Waals surface area contributed by atoms with Gasteiger partial charge in [-0.2, -0.15) is 5.10 Å². The van der Waals surface area contributed by atoms with E-state index in [0.717, 1.165) is 24.9 Å². The third-order valence-electron chi connectivity index (χ3n) is 4.83. The molecular weight excluding hydrogens is 276 g/mol. The summed E-state index contributed by atoms with van der Waals surface area (Å²) in [6.45, 7) is 2.76. The molecule has 0 bridgehead atoms. The first-order valence-electron chi connectivity index (χ1n) is 8.09. The first-order chi connectivity index (χ1) is 10.8. The summed E-state index contributed by atoms with van der Waals surface area (Å²) in [7, 11) is 2.00. The number of nitrogens with zero attached hydrogens (tertiary/aromatic N) is 4. The lowest BCUT2D eigenvalue weighted by molar-refractivity contribution is 0.0904. The third-order valence-corrected chi connectivity index (χ3v) is 4.83. The molecular formula is C17H22N4O. The van der Waals surface area contributed by atoms with Gasteiger partial charge in [-0.3, -0.25) is 14.6 Å². The fraction of sp³-hybridized carbons (Fsp3) is 0.529. The zero-order valence-electron chi connectivity index (χ0n) is 13.0. The van der Waals surface area contributed by atoms with Crippen molar-refractivity contribution in [2.45, 2.75) is 37.8 Å². The molecule has 0 amide bonds. The van der Waals surface area contributed by atoms with Crippen LogP contribution in [0.3, 0.4) is 0 Å². The van der Waals surface area contributed by atoms with Gasteiger partial charge in [-0.1, -0.05) is 6.42 Å². The van der Waals surface area contributed by atoms with Crippen LogP contribution in [0.2, 0.25) is 0 Å². The van der Waals surface area contributed by atoms with Crippen LogP contribution in [0.4, 0.5) is 0 Å². The Morgan fingerprint density at radius 1 is 1.36 bits per heavy atom. The van der Waals surface area contributed by atoms with Crippen molar-refractivity contribution >= 4 is 0 Å². The second kappa shape index (κ2) is 5.72. The number of aryl methyl sites for hydroxylation is 1. The lowest BCUT2D eigenvalue weighted by atomic mass is 9.87. The molecule has 1 fully saturated rings. The van der Waals surface area contributed by atoms with Gasteiger partial charge in [0.2, 0.25) is 0 Å². The normalized spacial score (nSPS) is 22.1. The maximum atomic E-state index is 5.95. The van der Waals surface area contributed by atoms with Crippen molar-refractivity contribution in [3.8, 4) is 5.75 Å². The van der Waals surface area contributed by atoms with Crippen LogP contribution in [0.1, 0.15) is 36.4 Å². The summed E-state index contributed by atoms with van der Waals surface area (Å²) in [5.41, 5.74) is 2.57. The predicted molar refractivity (Wildman–Crippen MR) is 83.7 cm³/mol. The minimum absolute atomic E-state index is 0.339. The van der Waals surface area contributed by atoms with E-state index in [2.05, 4.69) is 21.2 Å². The molecule has 4 rings (SSSR count). The van der Waals surface area contributed by atoms with E-state index in [1.54, 1.807) is 12.4 Å². The van der Waals surface area contributed by atoms with Crippen LogP contribution < -0.4 is 4.74 Å². The van der Waals surface area contributed by atoms with Gasteiger partial charge in [-0.15, -0.1) is 0 Å². The highest BCUT2D eigenvalue weighted by molar-refractivity contribution is 5.25. The summed E-state index contributed by atoms with van der Waals surface area (Å²) in [5, 5.41) is 4.68. The van der Waals surface area contributed by atoms with Gasteiger partial charge in [0.1, 0.15) is 5.75 Å². The summed E-state index contributed by atoms with van der Waals surface area (Å²) in [6.07, 6.45) is 9.75. The van der Waals surface area contributed by atoms with Gasteiger partial charge in [0.25, 0.3) is 0 Å². The van der Waals surface area contributed by atoms with Crippen LogP contribution in [0.5, 0.6) is 5.75 Å². The third kappa shape index (κ3) is 2.61. The van der Waals surface area contributed by atoms with Crippen molar-refractivity contribution in [3.63, 3.8) is 0 Å². The molecule has 3 heterocycles. The number of hydrogen-bond donors (Lipinski definition) is 0. The summed E-state index contributed by atoms with van der Waals surface area (Å²) in [5.74, 6) is 1.17. The lowest BCUT2D eigenvalue weighted by Crippen LogP contribution is -2.45. The topological polar surface area (TPSA) is 43.2 Å². The van der Waals surface area contributed by atoms with Crippen molar-refractivity contribution in [1.29, 1.82) is 0 Å². The second-order valence-electron chi connectivity index (χ2n) is 6.42. The Morgan fingerprint density at radius 2 is 2.27 bits per heavy atom. The van der Waals surface area contributed by atoms with Gasteiger partial charge in [0.15, 0.2) is 0 Å². The number of rotatable bonds is 4. The largest absolute Gasteiger partial charge is 0.491 e. The molecule has 1 aliphatic heterocycles. The molecule has 22 heavy (non-hydrogen) atoms. The fourth-order valence-corrected chi connectivity index (χ4v) is 3.46. The molecule has 116 valence electrons. The summed E-state index contributed by atoms with van der Waals surface area (Å²) >= 11 is 0. The van der Waals surface area contributed by atoms with Crippen molar-refractivity contribution in [1.82, 2.24) is 19.7 Å². The van der Waals surface area contributed by atoms with Crippen LogP contribution in [0.25, 0.3) is 0 Å². The molecule has 0 aromatic carbocycles. The van der Waals surface area contributed by atoms with E-state index in [4.69, 9.17) is 4.74 Å². The van der Waals surface area contributed by atoms with Gasteiger partial charge in [0.05, 0.1) is 24.4 Å². The smallest absolute Gasteiger partial charge is 0.137 e. The lowest BCUT2D eigenvalue weighted by Gasteiger charge is -2.41. The molecule has 1 saturated carbocycles. The average molecular weight is 298 g/mol. The van der Waals surface area contributed by atoms with Crippen molar-refractivity contribution in [2.24, 2.45) is 7.05 Å². The second-order valence-corrected chi connectivity index (χ2v) is 6.42. The van der Waals surface area contributed by atoms with E-state index in [0.29, 0.717) is 12.5 Å². The minimum Gasteiger partial charge on any atom is -0.491 e. The van der Waals surface area contributed by atoms with Gasteiger partial charge in [-0.25, -0.2) is 0 Å². The van der Waals surface area contributed by atoms with Crippen LogP contribution in [0, 0.1) is 0 Å². The highest BCUT2D eigenvalue weighted by atomic mass is 16.5. The quantitative estimate of drug-likeness (QED) is 0.869. The zero-order chi connectivity index (χ0) is 14.9. The molecule has 1 atom stereocenters. The van der Waals surface area contributed by atoms with Gasteiger partial charge in [0, 0.05) is 44.1 Å². The Morgan fingerprint density at radius 3 is 3.00 bits per heavy atom. The maximum absolute atomic E-state index is 5.95. The molecule has 2 aromatic heterocycles. The van der Waals surface area contributed by atoms with E-state index < -0.39 is 0 Å². The average Bonchev–Trinajstić information content (AvgIpc) is 2.84. The molecule has 2 aromatic rings. The van der Waals surface area contributed by atoms with Crippen molar-refractivity contribution in [2.75, 3.05) is 13.2 Å². The summed E-state index contributed by atoms with van der Waals surface area (Å²) < 4.78 is 7.89. The molecule has 0 spiro atoms. The van der Waals surface area contributed by atoms with E-state index >= 15 is 0 Å². The summed E-state index contributed by atoms with van der Waals surface area (Å²) in [6, 6.07) is 4.62. The zero-order valence-corrected chi connectivity index (χ0v) is 13.0. The van der Waals surface area contributed by atoms with Crippen LogP contribution in [0.15, 0.2) is 30.7 Å². The fourth-order valence-electron chi connectivity index (χ4n) is 3.46. The van der Waals surface area contributed by atoms with E-state index in [1.807, 2.05) is 23.9 Å². The summed E-state index contributed by atoms with van der Waals surface area (Å²) in [4.78, 5) is 6.72. The van der Waals surface area contributed by atoms with Crippen LogP contribution >= 0.6 is 0 Å². The molecule has 1 aliphatic carbocycles. The number of aromatic nitrogens is 3. The Balaban J connectivity index is 1.51. The molecule has 0 N–H and O–H groups in total. The van der Waals surface area contributed by atoms with Crippen LogP contribution in [-0.2, 0) is 13.6 Å². The van der Waals surface area contributed by atoms with Gasteiger partial charge < -0.3 is 4.74 Å². The molecule has 1 unspecified atom stereocenters. The molecule has 2 aliphatic rings. The first-order valence-corrected chi connectivity index (χ1v) is 8.09. The molecule has 0 saturated heterocycles. The van der Waals surface area contributed by atoms with Gasteiger partial charge >= 0.3 is 0 Å². The Hall–Kier alpha value is -1.88. The Bertz CT molecular complexity index is 635. The standard InChI is InChI=1S/C17H22N4O/c1-20-9-13-10-21(15-4-2-5-15)11-14(17(13)19-20)12-22-16-6-3-7-18-8-16/h3,6-9,14-15H,2,4-5,10-12H2,1H3.